The molecule has 2 rings (SSSR count). The molecule has 118 valence electrons. The molecule has 0 aromatic heterocycles. The highest BCUT2D eigenvalue weighted by Crippen LogP contribution is 2.35. The molecular weight excluding hydrogens is 276 g/mol. The summed E-state index contributed by atoms with van der Waals surface area (Å²) in [5, 5.41) is 3.46. The van der Waals surface area contributed by atoms with Crippen molar-refractivity contribution in [1.29, 1.82) is 0 Å². The van der Waals surface area contributed by atoms with Crippen molar-refractivity contribution >= 4 is 5.69 Å². The van der Waals surface area contributed by atoms with Gasteiger partial charge in [0.1, 0.15) is 0 Å². The van der Waals surface area contributed by atoms with Crippen LogP contribution in [-0.2, 0) is 0 Å². The fourth-order valence-corrected chi connectivity index (χ4v) is 3.11. The van der Waals surface area contributed by atoms with E-state index in [-0.39, 0.29) is 5.75 Å². The first-order valence-corrected chi connectivity index (χ1v) is 7.40. The van der Waals surface area contributed by atoms with E-state index in [0.717, 1.165) is 5.69 Å². The highest BCUT2D eigenvalue weighted by atomic mass is 19.3. The van der Waals surface area contributed by atoms with Crippen molar-refractivity contribution in [1.82, 2.24) is 0 Å². The Morgan fingerprint density at radius 1 is 1.14 bits per heavy atom. The number of benzene rings is 1. The summed E-state index contributed by atoms with van der Waals surface area (Å²) < 4.78 is 34.5. The Hall–Kier alpha value is -1.52. The van der Waals surface area contributed by atoms with Crippen LogP contribution in [0.4, 0.5) is 14.5 Å². The van der Waals surface area contributed by atoms with E-state index < -0.39 is 6.61 Å². The number of alkyl halides is 2. The van der Waals surface area contributed by atoms with Crippen LogP contribution in [0.1, 0.15) is 33.1 Å². The lowest BCUT2D eigenvalue weighted by Gasteiger charge is -2.36. The minimum absolute atomic E-state index is 0.0635. The SMILES string of the molecule is COc1ccc(NC2C(C)CCCC2C)cc1OC(F)F. The molecule has 21 heavy (non-hydrogen) atoms. The maximum absolute atomic E-state index is 12.5. The molecule has 0 spiro atoms. The average Bonchev–Trinajstić information content (AvgIpc) is 2.43. The largest absolute Gasteiger partial charge is 0.493 e. The lowest BCUT2D eigenvalue weighted by molar-refractivity contribution is -0.0511. The Morgan fingerprint density at radius 2 is 1.81 bits per heavy atom. The number of rotatable bonds is 5. The molecule has 1 aromatic carbocycles. The molecule has 3 nitrogen and oxygen atoms in total. The van der Waals surface area contributed by atoms with Gasteiger partial charge < -0.3 is 14.8 Å². The zero-order valence-electron chi connectivity index (χ0n) is 12.7. The molecule has 1 fully saturated rings. The first-order valence-electron chi connectivity index (χ1n) is 7.40. The predicted octanol–water partition coefficient (Wildman–Crippen LogP) is 4.53. The molecule has 0 bridgehead atoms. The van der Waals surface area contributed by atoms with Gasteiger partial charge in [-0.1, -0.05) is 20.3 Å². The van der Waals surface area contributed by atoms with Crippen molar-refractivity contribution in [2.45, 2.75) is 45.8 Å². The van der Waals surface area contributed by atoms with E-state index in [1.165, 1.54) is 26.4 Å². The van der Waals surface area contributed by atoms with E-state index in [1.807, 2.05) is 6.07 Å². The van der Waals surface area contributed by atoms with Crippen LogP contribution >= 0.6 is 0 Å². The molecule has 1 N–H and O–H groups in total. The summed E-state index contributed by atoms with van der Waals surface area (Å²) in [7, 11) is 1.44. The van der Waals surface area contributed by atoms with E-state index in [1.54, 1.807) is 12.1 Å². The Kier molecular flexibility index (Phi) is 5.26. The Bertz CT molecular complexity index is 458. The first kappa shape index (κ1) is 15.9. The number of nitrogens with one attached hydrogen (secondary N) is 1. The second-order valence-electron chi connectivity index (χ2n) is 5.80. The summed E-state index contributed by atoms with van der Waals surface area (Å²) in [5.41, 5.74) is 0.789. The summed E-state index contributed by atoms with van der Waals surface area (Å²) in [6.45, 7) is 1.60. The molecule has 0 saturated heterocycles. The number of ether oxygens (including phenoxy) is 2. The molecule has 0 radical (unpaired) electrons. The second kappa shape index (κ2) is 6.96. The third-order valence-electron chi connectivity index (χ3n) is 4.26. The summed E-state index contributed by atoms with van der Waals surface area (Å²) in [6, 6.07) is 5.43. The normalized spacial score (nSPS) is 25.7. The van der Waals surface area contributed by atoms with Crippen LogP contribution < -0.4 is 14.8 Å². The van der Waals surface area contributed by atoms with Gasteiger partial charge in [0.25, 0.3) is 0 Å². The van der Waals surface area contributed by atoms with Gasteiger partial charge in [-0.25, -0.2) is 0 Å². The fraction of sp³-hybridized carbons (Fsp3) is 0.625. The molecule has 1 aliphatic rings. The summed E-state index contributed by atoms with van der Waals surface area (Å²) in [4.78, 5) is 0. The molecule has 5 heteroatoms. The van der Waals surface area contributed by atoms with Crippen molar-refractivity contribution in [3.8, 4) is 11.5 Å². The van der Waals surface area contributed by atoms with Gasteiger partial charge >= 0.3 is 6.61 Å². The van der Waals surface area contributed by atoms with Gasteiger partial charge in [-0.3, -0.25) is 0 Å². The van der Waals surface area contributed by atoms with E-state index in [9.17, 15) is 8.78 Å². The first-order chi connectivity index (χ1) is 10.0. The highest BCUT2D eigenvalue weighted by molar-refractivity contribution is 5.55. The second-order valence-corrected chi connectivity index (χ2v) is 5.80. The molecule has 2 atom stereocenters. The third-order valence-corrected chi connectivity index (χ3v) is 4.26. The van der Waals surface area contributed by atoms with Crippen molar-refractivity contribution in [3.63, 3.8) is 0 Å². The monoisotopic (exact) mass is 299 g/mol. The summed E-state index contributed by atoms with van der Waals surface area (Å²) >= 11 is 0. The third kappa shape index (κ3) is 3.99. The van der Waals surface area contributed by atoms with Crippen LogP contribution in [0.3, 0.4) is 0 Å². The molecule has 0 heterocycles. The fourth-order valence-electron chi connectivity index (χ4n) is 3.11. The van der Waals surface area contributed by atoms with Crippen LogP contribution in [0, 0.1) is 11.8 Å². The zero-order valence-corrected chi connectivity index (χ0v) is 12.7. The minimum atomic E-state index is -2.86. The van der Waals surface area contributed by atoms with E-state index in [4.69, 9.17) is 4.74 Å². The van der Waals surface area contributed by atoms with Gasteiger partial charge in [-0.2, -0.15) is 8.78 Å². The van der Waals surface area contributed by atoms with E-state index in [2.05, 4.69) is 23.9 Å². The standard InChI is InChI=1S/C16H23F2NO2/c1-10-5-4-6-11(2)15(10)19-12-7-8-13(20-3)14(9-12)21-16(17)18/h7-11,15-16,19H,4-6H2,1-3H3. The molecule has 2 unspecified atom stereocenters. The quantitative estimate of drug-likeness (QED) is 0.866. The van der Waals surface area contributed by atoms with Crippen LogP contribution in [0.25, 0.3) is 0 Å². The van der Waals surface area contributed by atoms with Crippen LogP contribution in [0.2, 0.25) is 0 Å². The molecule has 1 aliphatic carbocycles. The Morgan fingerprint density at radius 3 is 2.38 bits per heavy atom. The highest BCUT2D eigenvalue weighted by Gasteiger charge is 2.27. The predicted molar refractivity (Wildman–Crippen MR) is 79.2 cm³/mol. The van der Waals surface area contributed by atoms with Crippen LogP contribution in [0.5, 0.6) is 11.5 Å². The zero-order chi connectivity index (χ0) is 15.4. The summed E-state index contributed by atoms with van der Waals surface area (Å²) in [5.74, 6) is 1.50. The topological polar surface area (TPSA) is 30.5 Å². The van der Waals surface area contributed by atoms with Crippen molar-refractivity contribution in [3.05, 3.63) is 18.2 Å². The Labute approximate surface area is 124 Å². The van der Waals surface area contributed by atoms with Crippen LogP contribution in [-0.4, -0.2) is 19.8 Å². The van der Waals surface area contributed by atoms with Gasteiger partial charge in [0.2, 0.25) is 0 Å². The number of anilines is 1. The van der Waals surface area contributed by atoms with Gasteiger partial charge in [0.15, 0.2) is 11.5 Å². The molecular formula is C16H23F2NO2. The average molecular weight is 299 g/mol. The maximum Gasteiger partial charge on any atom is 0.387 e. The van der Waals surface area contributed by atoms with Gasteiger partial charge in [-0.15, -0.1) is 0 Å². The van der Waals surface area contributed by atoms with Gasteiger partial charge in [0.05, 0.1) is 7.11 Å². The lowest BCUT2D eigenvalue weighted by atomic mass is 9.78. The number of hydrogen-bond acceptors (Lipinski definition) is 3. The van der Waals surface area contributed by atoms with Gasteiger partial charge in [0, 0.05) is 17.8 Å². The number of methoxy groups -OCH3 is 1. The number of hydrogen-bond donors (Lipinski definition) is 1. The molecule has 1 saturated carbocycles. The van der Waals surface area contributed by atoms with Crippen molar-refractivity contribution < 1.29 is 18.3 Å². The van der Waals surface area contributed by atoms with E-state index >= 15 is 0 Å². The van der Waals surface area contributed by atoms with Crippen molar-refractivity contribution in [2.24, 2.45) is 11.8 Å². The van der Waals surface area contributed by atoms with Gasteiger partial charge in [-0.05, 0) is 36.8 Å². The smallest absolute Gasteiger partial charge is 0.387 e. The number of halogens is 2. The Balaban J connectivity index is 2.15. The van der Waals surface area contributed by atoms with Crippen LogP contribution in [0.15, 0.2) is 18.2 Å². The molecule has 0 aliphatic heterocycles. The minimum Gasteiger partial charge on any atom is -0.493 e. The molecule has 0 amide bonds. The lowest BCUT2D eigenvalue weighted by Crippen LogP contribution is -2.37. The maximum atomic E-state index is 12.5. The van der Waals surface area contributed by atoms with E-state index in [0.29, 0.717) is 23.6 Å². The van der Waals surface area contributed by atoms with Crippen molar-refractivity contribution in [2.75, 3.05) is 12.4 Å². The summed E-state index contributed by atoms with van der Waals surface area (Å²) in [6.07, 6.45) is 3.64. The molecule has 1 aromatic rings.